The molecule has 0 spiro atoms. The van der Waals surface area contributed by atoms with Gasteiger partial charge in [0.2, 0.25) is 0 Å². The van der Waals surface area contributed by atoms with Gasteiger partial charge < -0.3 is 19.3 Å². The average molecular weight is 306 g/mol. The number of carboxylic acids is 1. The molecular formula is C17H22O5. The van der Waals surface area contributed by atoms with Crippen LogP contribution in [0.25, 0.3) is 6.08 Å². The van der Waals surface area contributed by atoms with Crippen LogP contribution in [0.15, 0.2) is 24.3 Å². The Hall–Kier alpha value is -2.01. The van der Waals surface area contributed by atoms with Crippen molar-refractivity contribution in [2.24, 2.45) is 5.92 Å². The zero-order valence-corrected chi connectivity index (χ0v) is 12.8. The van der Waals surface area contributed by atoms with Crippen molar-refractivity contribution in [3.05, 3.63) is 29.8 Å². The molecule has 1 saturated heterocycles. The summed E-state index contributed by atoms with van der Waals surface area (Å²) in [6, 6.07) is 5.39. The molecule has 1 aliphatic rings. The second-order valence-electron chi connectivity index (χ2n) is 5.27. The SMILES string of the molecule is COc1cc(/C=C/C(=O)O)ccc1OCCC1CCOCC1. The van der Waals surface area contributed by atoms with Crippen molar-refractivity contribution in [1.82, 2.24) is 0 Å². The normalized spacial score (nSPS) is 15.9. The van der Waals surface area contributed by atoms with Gasteiger partial charge in [-0.2, -0.15) is 0 Å². The fraction of sp³-hybridized carbons (Fsp3) is 0.471. The molecule has 0 aliphatic carbocycles. The Morgan fingerprint density at radius 1 is 1.36 bits per heavy atom. The van der Waals surface area contributed by atoms with Gasteiger partial charge in [0.05, 0.1) is 13.7 Å². The number of hydrogen-bond acceptors (Lipinski definition) is 4. The van der Waals surface area contributed by atoms with Gasteiger partial charge >= 0.3 is 5.97 Å². The predicted octanol–water partition coefficient (Wildman–Crippen LogP) is 2.99. The first kappa shape index (κ1) is 16.4. The number of hydrogen-bond donors (Lipinski definition) is 1. The molecule has 0 aromatic heterocycles. The van der Waals surface area contributed by atoms with Crippen LogP contribution in [-0.2, 0) is 9.53 Å². The van der Waals surface area contributed by atoms with E-state index in [-0.39, 0.29) is 0 Å². The largest absolute Gasteiger partial charge is 0.493 e. The third-order valence-corrected chi connectivity index (χ3v) is 3.73. The predicted molar refractivity (Wildman–Crippen MR) is 83.3 cm³/mol. The molecule has 22 heavy (non-hydrogen) atoms. The third-order valence-electron chi connectivity index (χ3n) is 3.73. The third kappa shape index (κ3) is 5.07. The van der Waals surface area contributed by atoms with E-state index in [1.807, 2.05) is 12.1 Å². The van der Waals surface area contributed by atoms with Gasteiger partial charge in [0.1, 0.15) is 0 Å². The Bertz CT molecular complexity index is 518. The monoisotopic (exact) mass is 306 g/mol. The topological polar surface area (TPSA) is 65.0 Å². The lowest BCUT2D eigenvalue weighted by molar-refractivity contribution is -0.131. The summed E-state index contributed by atoms with van der Waals surface area (Å²) >= 11 is 0. The minimum absolute atomic E-state index is 0.611. The summed E-state index contributed by atoms with van der Waals surface area (Å²) in [5, 5.41) is 8.64. The minimum atomic E-state index is -0.976. The summed E-state index contributed by atoms with van der Waals surface area (Å²) in [5.74, 6) is 0.981. The number of benzene rings is 1. The lowest BCUT2D eigenvalue weighted by Gasteiger charge is -2.22. The van der Waals surface area contributed by atoms with Gasteiger partial charge in [0, 0.05) is 19.3 Å². The Kier molecular flexibility index (Phi) is 6.27. The van der Waals surface area contributed by atoms with Crippen LogP contribution in [0.3, 0.4) is 0 Å². The lowest BCUT2D eigenvalue weighted by Crippen LogP contribution is -2.17. The summed E-state index contributed by atoms with van der Waals surface area (Å²) in [6.07, 6.45) is 5.82. The van der Waals surface area contributed by atoms with E-state index in [0.29, 0.717) is 24.0 Å². The lowest BCUT2D eigenvalue weighted by atomic mass is 9.97. The summed E-state index contributed by atoms with van der Waals surface area (Å²) < 4.78 is 16.5. The van der Waals surface area contributed by atoms with Crippen molar-refractivity contribution in [2.75, 3.05) is 26.9 Å². The molecular weight excluding hydrogens is 284 g/mol. The molecule has 1 heterocycles. The zero-order chi connectivity index (χ0) is 15.8. The molecule has 0 atom stereocenters. The summed E-state index contributed by atoms with van der Waals surface area (Å²) in [7, 11) is 1.57. The van der Waals surface area contributed by atoms with Crippen molar-refractivity contribution in [3.8, 4) is 11.5 Å². The standard InChI is InChI=1S/C17H22O5/c1-20-16-12-14(3-5-17(18)19)2-4-15(16)22-11-8-13-6-9-21-10-7-13/h2-5,12-13H,6-11H2,1H3,(H,18,19)/b5-3+. The molecule has 0 amide bonds. The number of methoxy groups -OCH3 is 1. The van der Waals surface area contributed by atoms with Crippen LogP contribution in [0.1, 0.15) is 24.8 Å². The van der Waals surface area contributed by atoms with Gasteiger partial charge in [-0.1, -0.05) is 6.07 Å². The highest BCUT2D eigenvalue weighted by Crippen LogP contribution is 2.29. The average Bonchev–Trinajstić information content (AvgIpc) is 2.54. The van der Waals surface area contributed by atoms with E-state index in [2.05, 4.69) is 0 Å². The number of aliphatic carboxylic acids is 1. The fourth-order valence-corrected chi connectivity index (χ4v) is 2.45. The van der Waals surface area contributed by atoms with E-state index in [4.69, 9.17) is 19.3 Å². The van der Waals surface area contributed by atoms with Crippen LogP contribution in [0.2, 0.25) is 0 Å². The van der Waals surface area contributed by atoms with Crippen molar-refractivity contribution in [2.45, 2.75) is 19.3 Å². The molecule has 1 fully saturated rings. The summed E-state index contributed by atoms with van der Waals surface area (Å²) in [4.78, 5) is 10.5. The fourth-order valence-electron chi connectivity index (χ4n) is 2.45. The van der Waals surface area contributed by atoms with Crippen LogP contribution in [0, 0.1) is 5.92 Å². The number of carboxylic acid groups (broad SMARTS) is 1. The maximum absolute atomic E-state index is 10.5. The first-order valence-electron chi connectivity index (χ1n) is 7.48. The molecule has 5 heteroatoms. The van der Waals surface area contributed by atoms with Crippen LogP contribution in [0.4, 0.5) is 0 Å². The molecule has 0 radical (unpaired) electrons. The molecule has 0 saturated carbocycles. The zero-order valence-electron chi connectivity index (χ0n) is 12.8. The number of rotatable bonds is 7. The molecule has 1 N–H and O–H groups in total. The Morgan fingerprint density at radius 3 is 2.82 bits per heavy atom. The van der Waals surface area contributed by atoms with Crippen molar-refractivity contribution in [3.63, 3.8) is 0 Å². The van der Waals surface area contributed by atoms with Crippen molar-refractivity contribution < 1.29 is 24.1 Å². The Labute approximate surface area is 130 Å². The van der Waals surface area contributed by atoms with Crippen molar-refractivity contribution in [1.29, 1.82) is 0 Å². The van der Waals surface area contributed by atoms with Gasteiger partial charge in [0.15, 0.2) is 11.5 Å². The van der Waals surface area contributed by atoms with E-state index in [9.17, 15) is 4.79 Å². The quantitative estimate of drug-likeness (QED) is 0.785. The van der Waals surface area contributed by atoms with Crippen LogP contribution in [-0.4, -0.2) is 38.0 Å². The highest BCUT2D eigenvalue weighted by Gasteiger charge is 2.14. The van der Waals surface area contributed by atoms with Crippen LogP contribution < -0.4 is 9.47 Å². The molecule has 1 aliphatic heterocycles. The Balaban J connectivity index is 1.90. The molecule has 2 rings (SSSR count). The molecule has 0 unspecified atom stereocenters. The highest BCUT2D eigenvalue weighted by molar-refractivity contribution is 5.85. The van der Waals surface area contributed by atoms with Gasteiger partial charge in [-0.15, -0.1) is 0 Å². The number of ether oxygens (including phenoxy) is 3. The Morgan fingerprint density at radius 2 is 2.14 bits per heavy atom. The van der Waals surface area contributed by atoms with Gasteiger partial charge in [-0.3, -0.25) is 0 Å². The first-order valence-corrected chi connectivity index (χ1v) is 7.48. The van der Waals surface area contributed by atoms with Crippen LogP contribution in [0.5, 0.6) is 11.5 Å². The molecule has 0 bridgehead atoms. The van der Waals surface area contributed by atoms with E-state index in [0.717, 1.165) is 44.1 Å². The maximum atomic E-state index is 10.5. The first-order chi connectivity index (χ1) is 10.7. The van der Waals surface area contributed by atoms with Gasteiger partial charge in [-0.25, -0.2) is 4.79 Å². The molecule has 120 valence electrons. The summed E-state index contributed by atoms with van der Waals surface area (Å²) in [5.41, 5.74) is 0.760. The van der Waals surface area contributed by atoms with Gasteiger partial charge in [0.25, 0.3) is 0 Å². The minimum Gasteiger partial charge on any atom is -0.493 e. The smallest absolute Gasteiger partial charge is 0.328 e. The van der Waals surface area contributed by atoms with Crippen LogP contribution >= 0.6 is 0 Å². The number of carbonyl (C=O) groups is 1. The highest BCUT2D eigenvalue weighted by atomic mass is 16.5. The maximum Gasteiger partial charge on any atom is 0.328 e. The second kappa shape index (κ2) is 8.44. The van der Waals surface area contributed by atoms with E-state index >= 15 is 0 Å². The second-order valence-corrected chi connectivity index (χ2v) is 5.27. The molecule has 1 aromatic carbocycles. The van der Waals surface area contributed by atoms with E-state index in [1.54, 1.807) is 13.2 Å². The van der Waals surface area contributed by atoms with E-state index < -0.39 is 5.97 Å². The van der Waals surface area contributed by atoms with Crippen molar-refractivity contribution >= 4 is 12.0 Å². The van der Waals surface area contributed by atoms with Gasteiger partial charge in [-0.05, 0) is 49.0 Å². The van der Waals surface area contributed by atoms with E-state index in [1.165, 1.54) is 6.08 Å². The molecule has 5 nitrogen and oxygen atoms in total. The summed E-state index contributed by atoms with van der Waals surface area (Å²) in [6.45, 7) is 2.34. The molecule has 1 aromatic rings.